The molecule has 0 radical (unpaired) electrons. The van der Waals surface area contributed by atoms with E-state index in [0.717, 1.165) is 12.1 Å². The zero-order valence-electron chi connectivity index (χ0n) is 15.6. The maximum Gasteiger partial charge on any atom is 0.237 e. The lowest BCUT2D eigenvalue weighted by Gasteiger charge is -2.34. The van der Waals surface area contributed by atoms with Crippen molar-refractivity contribution in [1.82, 2.24) is 10.2 Å². The van der Waals surface area contributed by atoms with Gasteiger partial charge in [0.05, 0.1) is 19.2 Å². The van der Waals surface area contributed by atoms with Crippen LogP contribution in [0.15, 0.2) is 12.1 Å². The Morgan fingerprint density at radius 1 is 1.21 bits per heavy atom. The lowest BCUT2D eigenvalue weighted by Crippen LogP contribution is -2.47. The van der Waals surface area contributed by atoms with Crippen LogP contribution in [0.25, 0.3) is 0 Å². The van der Waals surface area contributed by atoms with Gasteiger partial charge in [0.2, 0.25) is 5.91 Å². The number of carbonyl (C=O) groups is 1. The van der Waals surface area contributed by atoms with Crippen LogP contribution < -0.4 is 10.2 Å². The van der Waals surface area contributed by atoms with Crippen LogP contribution in [0, 0.1) is 34.3 Å². The van der Waals surface area contributed by atoms with E-state index in [9.17, 15) is 18.0 Å². The number of alkyl halides is 1. The molecule has 0 aliphatic carbocycles. The third kappa shape index (κ3) is 5.11. The predicted molar refractivity (Wildman–Crippen MR) is 102 cm³/mol. The van der Waals surface area contributed by atoms with Gasteiger partial charge in [-0.25, -0.2) is 13.2 Å². The summed E-state index contributed by atoms with van der Waals surface area (Å²) in [4.78, 5) is 15.3. The molecule has 3 rings (SSSR count). The van der Waals surface area contributed by atoms with Gasteiger partial charge in [0.25, 0.3) is 0 Å². The molecule has 0 aromatic heterocycles. The zero-order valence-corrected chi connectivity index (χ0v) is 16.4. The van der Waals surface area contributed by atoms with Gasteiger partial charge in [-0.2, -0.15) is 10.5 Å². The fraction of sp³-hybridized carbons (Fsp3) is 0.526. The first-order valence-electron chi connectivity index (χ1n) is 9.13. The lowest BCUT2D eigenvalue weighted by atomic mass is 10.0. The van der Waals surface area contributed by atoms with E-state index in [1.807, 2.05) is 11.0 Å². The summed E-state index contributed by atoms with van der Waals surface area (Å²) in [6.07, 6.45) is 0.205. The number of nitrogens with one attached hydrogen (secondary N) is 1. The number of hydrogen-bond acceptors (Lipinski definition) is 5. The average Bonchev–Trinajstić information content (AvgIpc) is 3.07. The van der Waals surface area contributed by atoms with Crippen molar-refractivity contribution in [1.29, 1.82) is 10.5 Å². The van der Waals surface area contributed by atoms with E-state index in [-0.39, 0.29) is 43.9 Å². The molecule has 2 aliphatic heterocycles. The molecule has 2 heterocycles. The molecular formula is C19H21ClF3N5O. The summed E-state index contributed by atoms with van der Waals surface area (Å²) in [5, 5.41) is 20.9. The minimum absolute atomic E-state index is 0. The first-order chi connectivity index (χ1) is 13.4. The Morgan fingerprint density at radius 2 is 1.83 bits per heavy atom. The molecule has 1 aromatic carbocycles. The Hall–Kier alpha value is -2.49. The quantitative estimate of drug-likeness (QED) is 0.797. The lowest BCUT2D eigenvalue weighted by molar-refractivity contribution is -0.130. The van der Waals surface area contributed by atoms with Gasteiger partial charge < -0.3 is 15.1 Å². The number of nitrogens with zero attached hydrogens (tertiary/aromatic N) is 4. The van der Waals surface area contributed by atoms with Gasteiger partial charge in [-0.3, -0.25) is 4.79 Å². The van der Waals surface area contributed by atoms with Crippen LogP contribution in [0.1, 0.15) is 24.8 Å². The first-order valence-corrected chi connectivity index (χ1v) is 9.13. The Balaban J connectivity index is 0.00000300. The van der Waals surface area contributed by atoms with E-state index >= 15 is 0 Å². The monoisotopic (exact) mass is 427 g/mol. The van der Waals surface area contributed by atoms with Crippen molar-refractivity contribution in [3.8, 4) is 12.1 Å². The van der Waals surface area contributed by atoms with Crippen molar-refractivity contribution in [3.63, 3.8) is 0 Å². The fourth-order valence-corrected chi connectivity index (χ4v) is 3.71. The number of nitriles is 2. The highest BCUT2D eigenvalue weighted by Gasteiger charge is 2.35. The van der Waals surface area contributed by atoms with E-state index in [2.05, 4.69) is 5.32 Å². The molecule has 2 atom stereocenters. The number of likely N-dealkylation sites (tertiary alicyclic amines) is 1. The summed E-state index contributed by atoms with van der Waals surface area (Å²) in [7, 11) is 0. The summed E-state index contributed by atoms with van der Waals surface area (Å²) in [5.41, 5.74) is -0.210. The topological polar surface area (TPSA) is 83.2 Å². The Labute approximate surface area is 173 Å². The molecule has 10 heteroatoms. The number of carbonyl (C=O) groups excluding carboxylic acids is 1. The summed E-state index contributed by atoms with van der Waals surface area (Å²) in [5.74, 6) is -2.07. The molecule has 29 heavy (non-hydrogen) atoms. The molecule has 2 aliphatic rings. The number of rotatable bonds is 4. The van der Waals surface area contributed by atoms with Gasteiger partial charge in [0.15, 0.2) is 0 Å². The molecule has 0 bridgehead atoms. The van der Waals surface area contributed by atoms with Crippen molar-refractivity contribution < 1.29 is 18.0 Å². The average molecular weight is 428 g/mol. The predicted octanol–water partition coefficient (Wildman–Crippen LogP) is 2.28. The van der Waals surface area contributed by atoms with Crippen molar-refractivity contribution in [2.45, 2.75) is 37.5 Å². The summed E-state index contributed by atoms with van der Waals surface area (Å²) >= 11 is 0. The molecule has 2 saturated heterocycles. The highest BCUT2D eigenvalue weighted by atomic mass is 35.5. The number of hydrogen-bond donors (Lipinski definition) is 1. The Kier molecular flexibility index (Phi) is 7.72. The van der Waals surface area contributed by atoms with Gasteiger partial charge >= 0.3 is 0 Å². The van der Waals surface area contributed by atoms with Crippen LogP contribution in [0.3, 0.4) is 0 Å². The van der Waals surface area contributed by atoms with Gasteiger partial charge in [0.1, 0.15) is 35.5 Å². The van der Waals surface area contributed by atoms with Crippen LogP contribution in [-0.4, -0.2) is 55.2 Å². The highest BCUT2D eigenvalue weighted by molar-refractivity contribution is 5.85. The number of piperidine rings is 1. The summed E-state index contributed by atoms with van der Waals surface area (Å²) in [6, 6.07) is 5.09. The van der Waals surface area contributed by atoms with Gasteiger partial charge in [-0.05, 0) is 25.0 Å². The molecule has 1 N–H and O–H groups in total. The van der Waals surface area contributed by atoms with Gasteiger partial charge in [-0.1, -0.05) is 0 Å². The second-order valence-electron chi connectivity index (χ2n) is 7.06. The second-order valence-corrected chi connectivity index (χ2v) is 7.06. The molecular weight excluding hydrogens is 407 g/mol. The standard InChI is InChI=1S/C19H20F3N5O.ClH/c20-12-5-15(8-23)27(11-12)19(28)10-25-13-1-3-26(4-2-13)14-6-17(21)16(9-24)18(22)7-14;/h6-7,12-13,15,25H,1-5,10-11H2;1H/t12-,15-;/m0./s1. The van der Waals surface area contributed by atoms with E-state index in [1.54, 1.807) is 0 Å². The van der Waals surface area contributed by atoms with E-state index in [4.69, 9.17) is 10.5 Å². The van der Waals surface area contributed by atoms with Crippen LogP contribution in [0.2, 0.25) is 0 Å². The molecule has 6 nitrogen and oxygen atoms in total. The minimum atomic E-state index is -1.16. The van der Waals surface area contributed by atoms with Crippen LogP contribution in [-0.2, 0) is 4.79 Å². The van der Waals surface area contributed by atoms with Gasteiger partial charge in [-0.15, -0.1) is 12.4 Å². The number of anilines is 1. The fourth-order valence-electron chi connectivity index (χ4n) is 3.71. The van der Waals surface area contributed by atoms with Crippen molar-refractivity contribution in [3.05, 3.63) is 29.3 Å². The van der Waals surface area contributed by atoms with Crippen molar-refractivity contribution in [2.75, 3.05) is 31.1 Å². The van der Waals surface area contributed by atoms with E-state index in [0.29, 0.717) is 31.6 Å². The molecule has 0 saturated carbocycles. The maximum atomic E-state index is 13.8. The normalized spacial score (nSPS) is 22.0. The molecule has 1 amide bonds. The SMILES string of the molecule is Cl.N#Cc1c(F)cc(N2CCC(NCC(=O)N3C[C@@H](F)C[C@H]3C#N)CC2)cc1F. The Morgan fingerprint density at radius 3 is 2.38 bits per heavy atom. The maximum absolute atomic E-state index is 13.8. The van der Waals surface area contributed by atoms with Gasteiger partial charge in [0, 0.05) is 31.2 Å². The van der Waals surface area contributed by atoms with Crippen molar-refractivity contribution in [2.24, 2.45) is 0 Å². The second kappa shape index (κ2) is 9.82. The number of halogens is 4. The van der Waals surface area contributed by atoms with Crippen molar-refractivity contribution >= 4 is 24.0 Å². The molecule has 1 aromatic rings. The van der Waals surface area contributed by atoms with Crippen LogP contribution >= 0.6 is 12.4 Å². The minimum Gasteiger partial charge on any atom is -0.371 e. The number of amides is 1. The zero-order chi connectivity index (χ0) is 20.3. The number of benzene rings is 1. The Bertz CT molecular complexity index is 809. The van der Waals surface area contributed by atoms with E-state index < -0.39 is 29.4 Å². The molecule has 0 spiro atoms. The van der Waals surface area contributed by atoms with E-state index in [1.165, 1.54) is 11.0 Å². The molecule has 0 unspecified atom stereocenters. The van der Waals surface area contributed by atoms with Crippen LogP contribution in [0.4, 0.5) is 18.9 Å². The third-order valence-corrected chi connectivity index (χ3v) is 5.26. The smallest absolute Gasteiger partial charge is 0.237 e. The third-order valence-electron chi connectivity index (χ3n) is 5.26. The largest absolute Gasteiger partial charge is 0.371 e. The van der Waals surface area contributed by atoms with Crippen LogP contribution in [0.5, 0.6) is 0 Å². The molecule has 156 valence electrons. The molecule has 2 fully saturated rings. The highest BCUT2D eigenvalue weighted by Crippen LogP contribution is 2.25. The first kappa shape index (κ1) is 22.8. The summed E-state index contributed by atoms with van der Waals surface area (Å²) < 4.78 is 41.0. The summed E-state index contributed by atoms with van der Waals surface area (Å²) in [6.45, 7) is 1.05.